The van der Waals surface area contributed by atoms with Crippen LogP contribution in [0.3, 0.4) is 0 Å². The smallest absolute Gasteiger partial charge is 0.227 e. The molecule has 0 N–H and O–H groups in total. The average molecular weight is 220 g/mol. The molecule has 0 amide bonds. The van der Waals surface area contributed by atoms with Crippen molar-refractivity contribution < 1.29 is 4.42 Å². The Bertz CT molecular complexity index is 842. The SMILES string of the molecule is c1cnc2oc3cc4ccncc4cc3c2c1. The van der Waals surface area contributed by atoms with Crippen molar-refractivity contribution in [2.75, 3.05) is 0 Å². The number of nitrogens with zero attached hydrogens (tertiary/aromatic N) is 2. The molecule has 0 saturated heterocycles. The van der Waals surface area contributed by atoms with E-state index in [4.69, 9.17) is 4.42 Å². The third kappa shape index (κ3) is 1.16. The molecule has 3 heterocycles. The van der Waals surface area contributed by atoms with Gasteiger partial charge in [-0.15, -0.1) is 0 Å². The van der Waals surface area contributed by atoms with Crippen molar-refractivity contribution in [1.82, 2.24) is 9.97 Å². The molecule has 3 heteroatoms. The number of hydrogen-bond acceptors (Lipinski definition) is 3. The van der Waals surface area contributed by atoms with E-state index >= 15 is 0 Å². The third-order valence-electron chi connectivity index (χ3n) is 3.01. The molecule has 17 heavy (non-hydrogen) atoms. The van der Waals surface area contributed by atoms with Crippen LogP contribution in [0.4, 0.5) is 0 Å². The first-order chi connectivity index (χ1) is 8.42. The highest BCUT2D eigenvalue weighted by Gasteiger charge is 2.08. The van der Waals surface area contributed by atoms with Crippen LogP contribution in [0.2, 0.25) is 0 Å². The fourth-order valence-corrected chi connectivity index (χ4v) is 2.19. The van der Waals surface area contributed by atoms with Crippen LogP contribution in [0.15, 0.2) is 53.3 Å². The Morgan fingerprint density at radius 3 is 2.94 bits per heavy atom. The molecule has 0 aliphatic heterocycles. The number of fused-ring (bicyclic) bond motifs is 4. The summed E-state index contributed by atoms with van der Waals surface area (Å²) in [5, 5.41) is 4.39. The van der Waals surface area contributed by atoms with E-state index in [-0.39, 0.29) is 0 Å². The van der Waals surface area contributed by atoms with E-state index < -0.39 is 0 Å². The predicted octanol–water partition coefficient (Wildman–Crippen LogP) is 3.53. The highest BCUT2D eigenvalue weighted by molar-refractivity contribution is 6.08. The van der Waals surface area contributed by atoms with Crippen LogP contribution in [0.5, 0.6) is 0 Å². The van der Waals surface area contributed by atoms with Gasteiger partial charge in [0.05, 0.1) is 0 Å². The number of pyridine rings is 2. The molecule has 0 saturated carbocycles. The Labute approximate surface area is 96.7 Å². The van der Waals surface area contributed by atoms with Gasteiger partial charge >= 0.3 is 0 Å². The zero-order chi connectivity index (χ0) is 11.2. The minimum atomic E-state index is 0.686. The maximum absolute atomic E-state index is 5.73. The maximum Gasteiger partial charge on any atom is 0.227 e. The lowest BCUT2D eigenvalue weighted by Gasteiger charge is -1.95. The lowest BCUT2D eigenvalue weighted by molar-refractivity contribution is 0.654. The molecule has 0 radical (unpaired) electrons. The van der Waals surface area contributed by atoms with Crippen LogP contribution in [0, 0.1) is 0 Å². The fourth-order valence-electron chi connectivity index (χ4n) is 2.19. The van der Waals surface area contributed by atoms with Crippen molar-refractivity contribution in [2.24, 2.45) is 0 Å². The van der Waals surface area contributed by atoms with Crippen LogP contribution < -0.4 is 0 Å². The van der Waals surface area contributed by atoms with Crippen LogP contribution in [-0.2, 0) is 0 Å². The number of aromatic nitrogens is 2. The first-order valence-corrected chi connectivity index (χ1v) is 5.43. The van der Waals surface area contributed by atoms with E-state index in [9.17, 15) is 0 Å². The molecule has 80 valence electrons. The zero-order valence-electron chi connectivity index (χ0n) is 8.92. The average Bonchev–Trinajstić information content (AvgIpc) is 2.73. The predicted molar refractivity (Wildman–Crippen MR) is 66.8 cm³/mol. The van der Waals surface area contributed by atoms with Crippen LogP contribution in [-0.4, -0.2) is 9.97 Å². The Hall–Kier alpha value is -2.42. The molecule has 4 rings (SSSR count). The maximum atomic E-state index is 5.73. The molecule has 0 unspecified atom stereocenters. The summed E-state index contributed by atoms with van der Waals surface area (Å²) in [5.41, 5.74) is 1.56. The number of furan rings is 1. The molecule has 0 spiro atoms. The Morgan fingerprint density at radius 1 is 0.941 bits per heavy atom. The quantitative estimate of drug-likeness (QED) is 0.455. The van der Waals surface area contributed by atoms with Gasteiger partial charge in [-0.2, -0.15) is 0 Å². The van der Waals surface area contributed by atoms with Gasteiger partial charge in [0, 0.05) is 34.7 Å². The minimum Gasteiger partial charge on any atom is -0.438 e. The normalized spacial score (nSPS) is 11.5. The second kappa shape index (κ2) is 3.04. The zero-order valence-corrected chi connectivity index (χ0v) is 8.92. The Morgan fingerprint density at radius 2 is 1.94 bits per heavy atom. The molecule has 0 bridgehead atoms. The first kappa shape index (κ1) is 8.70. The van der Waals surface area contributed by atoms with E-state index in [2.05, 4.69) is 16.0 Å². The van der Waals surface area contributed by atoms with Crippen molar-refractivity contribution in [1.29, 1.82) is 0 Å². The van der Waals surface area contributed by atoms with E-state index in [0.717, 1.165) is 27.1 Å². The van der Waals surface area contributed by atoms with Crippen LogP contribution in [0.1, 0.15) is 0 Å². The molecule has 3 nitrogen and oxygen atoms in total. The summed E-state index contributed by atoms with van der Waals surface area (Å²) in [6, 6.07) is 10.1. The number of hydrogen-bond donors (Lipinski definition) is 0. The summed E-state index contributed by atoms with van der Waals surface area (Å²) < 4.78 is 5.73. The Kier molecular flexibility index (Phi) is 1.56. The topological polar surface area (TPSA) is 38.9 Å². The molecule has 0 aliphatic carbocycles. The molecule has 1 aromatic carbocycles. The summed E-state index contributed by atoms with van der Waals surface area (Å²) in [7, 11) is 0. The van der Waals surface area contributed by atoms with Crippen molar-refractivity contribution in [3.8, 4) is 0 Å². The molecule has 0 atom stereocenters. The lowest BCUT2D eigenvalue weighted by Crippen LogP contribution is -1.75. The van der Waals surface area contributed by atoms with Crippen molar-refractivity contribution in [3.63, 3.8) is 0 Å². The van der Waals surface area contributed by atoms with E-state index in [1.807, 2.05) is 30.5 Å². The molecular weight excluding hydrogens is 212 g/mol. The van der Waals surface area contributed by atoms with E-state index in [1.54, 1.807) is 12.4 Å². The molecular formula is C14H8N2O. The second-order valence-corrected chi connectivity index (χ2v) is 4.03. The lowest BCUT2D eigenvalue weighted by atomic mass is 10.1. The molecule has 4 aromatic rings. The van der Waals surface area contributed by atoms with Gasteiger partial charge in [-0.25, -0.2) is 4.98 Å². The minimum absolute atomic E-state index is 0.686. The van der Waals surface area contributed by atoms with Gasteiger partial charge in [-0.3, -0.25) is 4.98 Å². The largest absolute Gasteiger partial charge is 0.438 e. The van der Waals surface area contributed by atoms with Crippen LogP contribution >= 0.6 is 0 Å². The second-order valence-electron chi connectivity index (χ2n) is 4.03. The number of rotatable bonds is 0. The van der Waals surface area contributed by atoms with E-state index in [1.165, 1.54) is 0 Å². The highest BCUT2D eigenvalue weighted by atomic mass is 16.3. The molecule has 0 fully saturated rings. The number of benzene rings is 1. The summed E-state index contributed by atoms with van der Waals surface area (Å²) >= 11 is 0. The third-order valence-corrected chi connectivity index (χ3v) is 3.01. The van der Waals surface area contributed by atoms with Crippen molar-refractivity contribution in [2.45, 2.75) is 0 Å². The van der Waals surface area contributed by atoms with Gasteiger partial charge in [0.1, 0.15) is 5.58 Å². The monoisotopic (exact) mass is 220 g/mol. The van der Waals surface area contributed by atoms with Gasteiger partial charge in [0.15, 0.2) is 0 Å². The standard InChI is InChI=1S/C14H8N2O/c1-2-11-12-6-10-8-15-5-3-9(10)7-13(12)17-14(11)16-4-1/h1-8H. The van der Waals surface area contributed by atoms with Gasteiger partial charge in [0.25, 0.3) is 0 Å². The summed E-state index contributed by atoms with van der Waals surface area (Å²) in [6.07, 6.45) is 5.39. The van der Waals surface area contributed by atoms with Crippen LogP contribution in [0.25, 0.3) is 32.8 Å². The first-order valence-electron chi connectivity index (χ1n) is 5.43. The highest BCUT2D eigenvalue weighted by Crippen LogP contribution is 2.30. The summed E-state index contributed by atoms with van der Waals surface area (Å²) in [5.74, 6) is 0. The fraction of sp³-hybridized carbons (Fsp3) is 0. The van der Waals surface area contributed by atoms with Gasteiger partial charge in [-0.1, -0.05) is 0 Å². The Balaban J connectivity index is 2.28. The van der Waals surface area contributed by atoms with E-state index in [0.29, 0.717) is 5.71 Å². The molecule has 3 aromatic heterocycles. The van der Waals surface area contributed by atoms with Gasteiger partial charge in [-0.05, 0) is 35.7 Å². The van der Waals surface area contributed by atoms with Gasteiger partial charge in [0.2, 0.25) is 5.71 Å². The summed E-state index contributed by atoms with van der Waals surface area (Å²) in [6.45, 7) is 0. The van der Waals surface area contributed by atoms with Crippen molar-refractivity contribution in [3.05, 3.63) is 48.9 Å². The van der Waals surface area contributed by atoms with Crippen molar-refractivity contribution >= 4 is 32.8 Å². The summed E-state index contributed by atoms with van der Waals surface area (Å²) in [4.78, 5) is 8.36. The molecule has 0 aliphatic rings. The van der Waals surface area contributed by atoms with Gasteiger partial charge < -0.3 is 4.42 Å².